The van der Waals surface area contributed by atoms with Gasteiger partial charge in [-0.05, 0) is 68.9 Å². The smallest absolute Gasteiger partial charge is 0.214 e. The average molecular weight is 300 g/mol. The molecular formula is C15H28N2O2S. The number of nitrogens with zero attached hydrogens (tertiary/aromatic N) is 1. The normalized spacial score (nSPS) is 35.0. The van der Waals surface area contributed by atoms with Gasteiger partial charge in [-0.1, -0.05) is 6.42 Å². The van der Waals surface area contributed by atoms with Gasteiger partial charge in [0.15, 0.2) is 0 Å². The molecule has 0 spiro atoms. The van der Waals surface area contributed by atoms with Crippen molar-refractivity contribution in [1.82, 2.24) is 9.62 Å². The van der Waals surface area contributed by atoms with E-state index < -0.39 is 10.0 Å². The van der Waals surface area contributed by atoms with Gasteiger partial charge >= 0.3 is 0 Å². The lowest BCUT2D eigenvalue weighted by molar-refractivity contribution is 0.278. The van der Waals surface area contributed by atoms with E-state index in [0.29, 0.717) is 17.6 Å². The third-order valence-corrected chi connectivity index (χ3v) is 7.75. The van der Waals surface area contributed by atoms with E-state index in [1.165, 1.54) is 25.7 Å². The topological polar surface area (TPSA) is 49.4 Å². The number of rotatable bonds is 5. The fraction of sp³-hybridized carbons (Fsp3) is 1.00. The van der Waals surface area contributed by atoms with Crippen LogP contribution in [0.3, 0.4) is 0 Å². The number of hydrogen-bond acceptors (Lipinski definition) is 3. The van der Waals surface area contributed by atoms with Gasteiger partial charge < -0.3 is 5.32 Å². The molecule has 3 unspecified atom stereocenters. The van der Waals surface area contributed by atoms with Gasteiger partial charge in [0, 0.05) is 13.6 Å². The maximum absolute atomic E-state index is 12.5. The van der Waals surface area contributed by atoms with Crippen LogP contribution < -0.4 is 5.32 Å². The van der Waals surface area contributed by atoms with Crippen molar-refractivity contribution in [3.05, 3.63) is 0 Å². The van der Waals surface area contributed by atoms with E-state index in [1.807, 2.05) is 0 Å². The van der Waals surface area contributed by atoms with Crippen LogP contribution in [0.25, 0.3) is 0 Å². The summed E-state index contributed by atoms with van der Waals surface area (Å²) in [6.45, 7) is 2.70. The van der Waals surface area contributed by atoms with E-state index in [9.17, 15) is 8.42 Å². The van der Waals surface area contributed by atoms with Crippen molar-refractivity contribution in [2.45, 2.75) is 38.5 Å². The molecule has 5 heteroatoms. The first-order chi connectivity index (χ1) is 9.54. The highest BCUT2D eigenvalue weighted by Gasteiger charge is 2.40. The molecule has 1 heterocycles. The Labute approximate surface area is 123 Å². The summed E-state index contributed by atoms with van der Waals surface area (Å²) in [4.78, 5) is 0. The van der Waals surface area contributed by atoms with Gasteiger partial charge in [0.25, 0.3) is 0 Å². The van der Waals surface area contributed by atoms with E-state index >= 15 is 0 Å². The maximum atomic E-state index is 12.5. The molecule has 4 nitrogen and oxygen atoms in total. The zero-order valence-electron chi connectivity index (χ0n) is 12.6. The highest BCUT2D eigenvalue weighted by molar-refractivity contribution is 7.89. The molecule has 0 aromatic heterocycles. The number of hydrogen-bond donors (Lipinski definition) is 1. The van der Waals surface area contributed by atoms with E-state index in [4.69, 9.17) is 0 Å². The number of sulfonamides is 1. The van der Waals surface area contributed by atoms with Crippen molar-refractivity contribution in [3.63, 3.8) is 0 Å². The Bertz CT molecular complexity index is 431. The monoisotopic (exact) mass is 300 g/mol. The largest absolute Gasteiger partial charge is 0.317 e. The van der Waals surface area contributed by atoms with Crippen molar-refractivity contribution in [2.24, 2.45) is 23.7 Å². The Balaban J connectivity index is 1.53. The van der Waals surface area contributed by atoms with Crippen LogP contribution in [0.5, 0.6) is 0 Å². The lowest BCUT2D eigenvalue weighted by Crippen LogP contribution is -2.39. The van der Waals surface area contributed by atoms with Crippen LogP contribution >= 0.6 is 0 Å². The van der Waals surface area contributed by atoms with Gasteiger partial charge in [-0.15, -0.1) is 0 Å². The summed E-state index contributed by atoms with van der Waals surface area (Å²) in [5, 5.41) is 3.30. The van der Waals surface area contributed by atoms with Crippen molar-refractivity contribution in [3.8, 4) is 0 Å². The molecule has 0 aromatic carbocycles. The maximum Gasteiger partial charge on any atom is 0.214 e. The molecule has 3 aliphatic rings. The molecule has 2 bridgehead atoms. The molecule has 1 saturated heterocycles. The fourth-order valence-electron chi connectivity index (χ4n) is 4.52. The molecule has 0 amide bonds. The Morgan fingerprint density at radius 1 is 1.10 bits per heavy atom. The van der Waals surface area contributed by atoms with Gasteiger partial charge in [-0.3, -0.25) is 0 Å². The Kier molecular flexibility index (Phi) is 4.39. The first-order valence-electron chi connectivity index (χ1n) is 8.19. The molecule has 1 aliphatic heterocycles. The summed E-state index contributed by atoms with van der Waals surface area (Å²) in [5.74, 6) is 3.03. The molecule has 0 aromatic rings. The van der Waals surface area contributed by atoms with Crippen LogP contribution in [0.2, 0.25) is 0 Å². The Morgan fingerprint density at radius 3 is 2.45 bits per heavy atom. The zero-order valence-corrected chi connectivity index (χ0v) is 13.4. The van der Waals surface area contributed by atoms with Gasteiger partial charge in [0.2, 0.25) is 10.0 Å². The lowest BCUT2D eigenvalue weighted by atomic mass is 9.89. The fourth-order valence-corrected chi connectivity index (χ4v) is 6.12. The third kappa shape index (κ3) is 3.20. The SMILES string of the molecule is CN(CC1CC2CCC1C2)S(=O)(=O)CC1CCNCC1. The second-order valence-corrected chi connectivity index (χ2v) is 9.31. The third-order valence-electron chi connectivity index (χ3n) is 5.76. The second kappa shape index (κ2) is 5.93. The summed E-state index contributed by atoms with van der Waals surface area (Å²) in [5.41, 5.74) is 0. The van der Waals surface area contributed by atoms with Crippen LogP contribution in [0.15, 0.2) is 0 Å². The van der Waals surface area contributed by atoms with Crippen molar-refractivity contribution < 1.29 is 8.42 Å². The molecule has 20 heavy (non-hydrogen) atoms. The molecule has 3 rings (SSSR count). The van der Waals surface area contributed by atoms with E-state index in [1.54, 1.807) is 11.4 Å². The first kappa shape index (κ1) is 14.8. The quantitative estimate of drug-likeness (QED) is 0.840. The predicted octanol–water partition coefficient (Wildman–Crippen LogP) is 1.68. The van der Waals surface area contributed by atoms with E-state index in [2.05, 4.69) is 5.32 Å². The van der Waals surface area contributed by atoms with Crippen molar-refractivity contribution >= 4 is 10.0 Å². The minimum Gasteiger partial charge on any atom is -0.317 e. The first-order valence-corrected chi connectivity index (χ1v) is 9.80. The average Bonchev–Trinajstić information content (AvgIpc) is 3.01. The van der Waals surface area contributed by atoms with Crippen LogP contribution in [-0.4, -0.2) is 45.2 Å². The molecular weight excluding hydrogens is 272 g/mol. The van der Waals surface area contributed by atoms with Crippen LogP contribution in [0, 0.1) is 23.7 Å². The highest BCUT2D eigenvalue weighted by atomic mass is 32.2. The minimum atomic E-state index is -3.06. The summed E-state index contributed by atoms with van der Waals surface area (Å²) in [7, 11) is -1.26. The van der Waals surface area contributed by atoms with Crippen molar-refractivity contribution in [2.75, 3.05) is 32.4 Å². The minimum absolute atomic E-state index is 0.351. The molecule has 3 atom stereocenters. The zero-order chi connectivity index (χ0) is 14.2. The predicted molar refractivity (Wildman–Crippen MR) is 80.9 cm³/mol. The van der Waals surface area contributed by atoms with E-state index in [-0.39, 0.29) is 0 Å². The molecule has 3 fully saturated rings. The molecule has 2 aliphatic carbocycles. The van der Waals surface area contributed by atoms with Crippen LogP contribution in [0.1, 0.15) is 38.5 Å². The van der Waals surface area contributed by atoms with Gasteiger partial charge in [0.1, 0.15) is 0 Å². The standard InChI is InChI=1S/C15H28N2O2S/c1-17(10-15-9-13-2-3-14(15)8-13)20(18,19)11-12-4-6-16-7-5-12/h12-16H,2-11H2,1H3. The Hall–Kier alpha value is -0.130. The van der Waals surface area contributed by atoms with E-state index in [0.717, 1.165) is 44.3 Å². The molecule has 0 radical (unpaired) electrons. The van der Waals surface area contributed by atoms with Crippen molar-refractivity contribution in [1.29, 1.82) is 0 Å². The number of nitrogens with one attached hydrogen (secondary N) is 1. The summed E-state index contributed by atoms with van der Waals surface area (Å²) in [6.07, 6.45) is 7.33. The number of fused-ring (bicyclic) bond motifs is 2. The van der Waals surface area contributed by atoms with Crippen LogP contribution in [0.4, 0.5) is 0 Å². The number of piperidine rings is 1. The lowest BCUT2D eigenvalue weighted by Gasteiger charge is -2.29. The Morgan fingerprint density at radius 2 is 1.85 bits per heavy atom. The van der Waals surface area contributed by atoms with Gasteiger partial charge in [-0.25, -0.2) is 12.7 Å². The highest BCUT2D eigenvalue weighted by Crippen LogP contribution is 2.48. The molecule has 1 N–H and O–H groups in total. The summed E-state index contributed by atoms with van der Waals surface area (Å²) >= 11 is 0. The van der Waals surface area contributed by atoms with Gasteiger partial charge in [0.05, 0.1) is 5.75 Å². The molecule has 116 valence electrons. The van der Waals surface area contributed by atoms with Crippen LogP contribution in [-0.2, 0) is 10.0 Å². The summed E-state index contributed by atoms with van der Waals surface area (Å²) < 4.78 is 26.7. The van der Waals surface area contributed by atoms with Gasteiger partial charge in [-0.2, -0.15) is 0 Å². The molecule has 2 saturated carbocycles. The second-order valence-electron chi connectivity index (χ2n) is 7.19. The summed E-state index contributed by atoms with van der Waals surface area (Å²) in [6, 6.07) is 0.